The van der Waals surface area contributed by atoms with E-state index in [9.17, 15) is 4.79 Å². The monoisotopic (exact) mass is 257 g/mol. The molecule has 90 valence electrons. The van der Waals surface area contributed by atoms with Crippen molar-refractivity contribution in [3.05, 3.63) is 69.5 Å². The Morgan fingerprint density at radius 2 is 2.06 bits per heavy atom. The summed E-state index contributed by atoms with van der Waals surface area (Å²) in [6.07, 6.45) is 5.53. The van der Waals surface area contributed by atoms with Crippen LogP contribution in [0.3, 0.4) is 0 Å². The molecule has 0 saturated carbocycles. The second-order valence-electron chi connectivity index (χ2n) is 3.93. The van der Waals surface area contributed by atoms with Crippen LogP contribution in [0.4, 0.5) is 0 Å². The van der Waals surface area contributed by atoms with Gasteiger partial charge in [0.2, 0.25) is 0 Å². The van der Waals surface area contributed by atoms with Crippen LogP contribution in [0.15, 0.2) is 59.1 Å². The van der Waals surface area contributed by atoms with E-state index < -0.39 is 0 Å². The number of hydrogen-bond acceptors (Lipinski definition) is 3. The number of aromatic nitrogens is 3. The minimum atomic E-state index is 0.0578. The summed E-state index contributed by atoms with van der Waals surface area (Å²) in [4.78, 5) is 11.5. The van der Waals surface area contributed by atoms with Crippen molar-refractivity contribution < 1.29 is 0 Å². The Kier molecular flexibility index (Phi) is 2.82. The fourth-order valence-electron chi connectivity index (χ4n) is 1.77. The third-order valence-corrected chi connectivity index (χ3v) is 3.35. The van der Waals surface area contributed by atoms with E-state index in [1.165, 1.54) is 11.3 Å². The molecule has 0 N–H and O–H groups in total. The Labute approximate surface area is 108 Å². The lowest BCUT2D eigenvalue weighted by Gasteiger charge is -1.99. The Balaban J connectivity index is 1.87. The van der Waals surface area contributed by atoms with Gasteiger partial charge in [0.15, 0.2) is 0 Å². The quantitative estimate of drug-likeness (QED) is 0.721. The summed E-state index contributed by atoms with van der Waals surface area (Å²) in [5.74, 6) is 0. The molecular formula is C13H11N3OS. The molecule has 3 rings (SSSR count). The van der Waals surface area contributed by atoms with Gasteiger partial charge in [0.25, 0.3) is 0 Å². The predicted molar refractivity (Wildman–Crippen MR) is 71.2 cm³/mol. The van der Waals surface area contributed by atoms with Crippen molar-refractivity contribution in [2.45, 2.75) is 6.54 Å². The summed E-state index contributed by atoms with van der Waals surface area (Å²) in [7, 11) is 0. The molecule has 2 heterocycles. The number of thiazole rings is 1. The van der Waals surface area contributed by atoms with E-state index >= 15 is 0 Å². The van der Waals surface area contributed by atoms with Gasteiger partial charge in [-0.25, -0.2) is 4.68 Å². The molecule has 0 amide bonds. The summed E-state index contributed by atoms with van der Waals surface area (Å²) in [6.45, 7) is 0.565. The molecule has 0 atom stereocenters. The lowest BCUT2D eigenvalue weighted by molar-refractivity contribution is 0.783. The standard InChI is InChI=1S/C13H11N3OS/c17-13-15(6-7-18-13)9-11-8-14-16(10-11)12-4-2-1-3-5-12/h1-8,10H,9H2. The summed E-state index contributed by atoms with van der Waals surface area (Å²) in [5.41, 5.74) is 2.03. The summed E-state index contributed by atoms with van der Waals surface area (Å²) in [5, 5.41) is 6.10. The molecule has 0 radical (unpaired) electrons. The second kappa shape index (κ2) is 4.62. The Morgan fingerprint density at radius 1 is 1.22 bits per heavy atom. The van der Waals surface area contributed by atoms with Gasteiger partial charge in [-0.3, -0.25) is 4.79 Å². The van der Waals surface area contributed by atoms with Crippen LogP contribution in [-0.2, 0) is 6.54 Å². The highest BCUT2D eigenvalue weighted by Gasteiger charge is 2.03. The van der Waals surface area contributed by atoms with Crippen LogP contribution in [0, 0.1) is 0 Å². The van der Waals surface area contributed by atoms with Crippen LogP contribution in [0.25, 0.3) is 5.69 Å². The highest BCUT2D eigenvalue weighted by molar-refractivity contribution is 7.07. The van der Waals surface area contributed by atoms with Crippen LogP contribution >= 0.6 is 11.3 Å². The number of para-hydroxylation sites is 1. The van der Waals surface area contributed by atoms with Crippen LogP contribution in [0.1, 0.15) is 5.56 Å². The van der Waals surface area contributed by atoms with E-state index in [4.69, 9.17) is 0 Å². The predicted octanol–water partition coefficient (Wildman–Crippen LogP) is 2.14. The van der Waals surface area contributed by atoms with E-state index in [2.05, 4.69) is 5.10 Å². The SMILES string of the molecule is O=c1sccn1Cc1cnn(-c2ccccc2)c1. The molecule has 4 nitrogen and oxygen atoms in total. The molecule has 0 bridgehead atoms. The third-order valence-electron chi connectivity index (χ3n) is 2.65. The number of nitrogens with zero attached hydrogens (tertiary/aromatic N) is 3. The van der Waals surface area contributed by atoms with E-state index in [0.717, 1.165) is 11.3 Å². The van der Waals surface area contributed by atoms with Crippen LogP contribution in [0.5, 0.6) is 0 Å². The van der Waals surface area contributed by atoms with Crippen molar-refractivity contribution in [2.24, 2.45) is 0 Å². The van der Waals surface area contributed by atoms with Gasteiger partial charge in [0, 0.05) is 23.3 Å². The number of hydrogen-bond donors (Lipinski definition) is 0. The zero-order chi connectivity index (χ0) is 12.4. The maximum absolute atomic E-state index is 11.5. The van der Waals surface area contributed by atoms with Crippen molar-refractivity contribution in [1.82, 2.24) is 14.3 Å². The van der Waals surface area contributed by atoms with Crippen molar-refractivity contribution in [3.8, 4) is 5.69 Å². The topological polar surface area (TPSA) is 39.8 Å². The first-order valence-electron chi connectivity index (χ1n) is 5.56. The van der Waals surface area contributed by atoms with Crippen molar-refractivity contribution >= 4 is 11.3 Å². The van der Waals surface area contributed by atoms with E-state index in [-0.39, 0.29) is 4.87 Å². The molecule has 0 aliphatic rings. The summed E-state index contributed by atoms with van der Waals surface area (Å²) in [6, 6.07) is 9.90. The molecule has 3 aromatic rings. The molecule has 18 heavy (non-hydrogen) atoms. The normalized spacial score (nSPS) is 10.7. The second-order valence-corrected chi connectivity index (χ2v) is 4.78. The van der Waals surface area contributed by atoms with Crippen molar-refractivity contribution in [3.63, 3.8) is 0 Å². The highest BCUT2D eigenvalue weighted by Crippen LogP contribution is 2.08. The first-order chi connectivity index (χ1) is 8.83. The zero-order valence-electron chi connectivity index (χ0n) is 9.56. The molecule has 0 saturated heterocycles. The highest BCUT2D eigenvalue weighted by atomic mass is 32.1. The Morgan fingerprint density at radius 3 is 2.78 bits per heavy atom. The van der Waals surface area contributed by atoms with Gasteiger partial charge in [0.1, 0.15) is 0 Å². The first-order valence-corrected chi connectivity index (χ1v) is 6.44. The smallest absolute Gasteiger partial charge is 0.301 e. The van der Waals surface area contributed by atoms with E-state index in [1.807, 2.05) is 41.2 Å². The molecule has 2 aromatic heterocycles. The number of benzene rings is 1. The van der Waals surface area contributed by atoms with Gasteiger partial charge < -0.3 is 4.57 Å². The van der Waals surface area contributed by atoms with Crippen molar-refractivity contribution in [2.75, 3.05) is 0 Å². The van der Waals surface area contributed by atoms with Gasteiger partial charge >= 0.3 is 4.87 Å². The largest absolute Gasteiger partial charge is 0.307 e. The van der Waals surface area contributed by atoms with Gasteiger partial charge in [-0.15, -0.1) is 0 Å². The molecule has 0 aliphatic heterocycles. The van der Waals surface area contributed by atoms with Gasteiger partial charge in [-0.2, -0.15) is 5.10 Å². The van der Waals surface area contributed by atoms with Gasteiger partial charge in [-0.1, -0.05) is 29.5 Å². The molecule has 0 unspecified atom stereocenters. The fraction of sp³-hybridized carbons (Fsp3) is 0.0769. The molecule has 0 aliphatic carbocycles. The zero-order valence-corrected chi connectivity index (χ0v) is 10.4. The number of rotatable bonds is 3. The van der Waals surface area contributed by atoms with Crippen molar-refractivity contribution in [1.29, 1.82) is 0 Å². The van der Waals surface area contributed by atoms with Crippen LogP contribution < -0.4 is 4.87 Å². The summed E-state index contributed by atoms with van der Waals surface area (Å²) < 4.78 is 3.49. The molecule has 0 fully saturated rings. The maximum atomic E-state index is 11.5. The minimum absolute atomic E-state index is 0.0578. The maximum Gasteiger partial charge on any atom is 0.307 e. The Bertz CT molecular complexity index is 696. The third kappa shape index (κ3) is 2.12. The van der Waals surface area contributed by atoms with Crippen LogP contribution in [0.2, 0.25) is 0 Å². The van der Waals surface area contributed by atoms with Gasteiger partial charge in [-0.05, 0) is 12.1 Å². The van der Waals surface area contributed by atoms with E-state index in [0.29, 0.717) is 6.54 Å². The Hall–Kier alpha value is -2.14. The minimum Gasteiger partial charge on any atom is -0.301 e. The van der Waals surface area contributed by atoms with E-state index in [1.54, 1.807) is 22.3 Å². The van der Waals surface area contributed by atoms with Gasteiger partial charge in [0.05, 0.1) is 18.4 Å². The average molecular weight is 257 g/mol. The lowest BCUT2D eigenvalue weighted by atomic mass is 10.3. The summed E-state index contributed by atoms with van der Waals surface area (Å²) >= 11 is 1.21. The fourth-order valence-corrected chi connectivity index (χ4v) is 2.35. The van der Waals surface area contributed by atoms with Crippen LogP contribution in [-0.4, -0.2) is 14.3 Å². The molecule has 1 aromatic carbocycles. The first kappa shape index (κ1) is 11.0. The molecular weight excluding hydrogens is 246 g/mol. The lowest BCUT2D eigenvalue weighted by Crippen LogP contribution is -2.12. The average Bonchev–Trinajstić information content (AvgIpc) is 3.02. The molecule has 5 heteroatoms. The molecule has 0 spiro atoms.